The van der Waals surface area contributed by atoms with Gasteiger partial charge in [0.1, 0.15) is 5.82 Å². The summed E-state index contributed by atoms with van der Waals surface area (Å²) in [6.07, 6.45) is 3.65. The summed E-state index contributed by atoms with van der Waals surface area (Å²) in [6.45, 7) is 4.70. The van der Waals surface area contributed by atoms with Crippen LogP contribution in [0, 0.1) is 6.92 Å². The molecular weight excluding hydrogens is 206 g/mol. The number of aryl methyl sites for hydroxylation is 1. The lowest BCUT2D eigenvalue weighted by Gasteiger charge is -2.18. The van der Waals surface area contributed by atoms with Gasteiger partial charge in [-0.25, -0.2) is 4.98 Å². The zero-order valence-electron chi connectivity index (χ0n) is 9.93. The Morgan fingerprint density at radius 3 is 2.75 bits per heavy atom. The van der Waals surface area contributed by atoms with E-state index in [0.717, 1.165) is 11.5 Å². The average molecular weight is 223 g/mol. The number of nitrogens with zero attached hydrogens (tertiary/aromatic N) is 3. The highest BCUT2D eigenvalue weighted by Crippen LogP contribution is 2.11. The topological polar surface area (TPSA) is 55.3 Å². The second-order valence-corrected chi connectivity index (χ2v) is 3.44. The van der Waals surface area contributed by atoms with Gasteiger partial charge in [-0.1, -0.05) is 0 Å². The van der Waals surface area contributed by atoms with Gasteiger partial charge >= 0.3 is 5.97 Å². The van der Waals surface area contributed by atoms with E-state index in [2.05, 4.69) is 9.97 Å². The molecule has 0 atom stereocenters. The van der Waals surface area contributed by atoms with E-state index in [0.29, 0.717) is 19.6 Å². The Labute approximate surface area is 95.5 Å². The Hall–Kier alpha value is -1.65. The van der Waals surface area contributed by atoms with Crippen molar-refractivity contribution in [3.8, 4) is 0 Å². The molecule has 1 heterocycles. The molecule has 0 unspecified atom stereocenters. The maximum absolute atomic E-state index is 11.2. The van der Waals surface area contributed by atoms with Gasteiger partial charge in [-0.15, -0.1) is 0 Å². The molecule has 0 aliphatic rings. The Kier molecular flexibility index (Phi) is 4.69. The van der Waals surface area contributed by atoms with E-state index in [-0.39, 0.29) is 5.97 Å². The summed E-state index contributed by atoms with van der Waals surface area (Å²) >= 11 is 0. The van der Waals surface area contributed by atoms with Gasteiger partial charge < -0.3 is 9.64 Å². The summed E-state index contributed by atoms with van der Waals surface area (Å²) in [6, 6.07) is 0. The van der Waals surface area contributed by atoms with E-state index in [4.69, 9.17) is 4.74 Å². The maximum Gasteiger partial charge on any atom is 0.307 e. The van der Waals surface area contributed by atoms with E-state index in [1.54, 1.807) is 19.3 Å². The van der Waals surface area contributed by atoms with Crippen LogP contribution in [-0.2, 0) is 9.53 Å². The molecule has 1 rings (SSSR count). The minimum atomic E-state index is -0.184. The Morgan fingerprint density at radius 1 is 1.44 bits per heavy atom. The molecular formula is C11H17N3O2. The highest BCUT2D eigenvalue weighted by atomic mass is 16.5. The van der Waals surface area contributed by atoms with E-state index in [1.165, 1.54) is 0 Å². The third-order valence-corrected chi connectivity index (χ3v) is 2.17. The van der Waals surface area contributed by atoms with Crippen LogP contribution in [-0.4, -0.2) is 36.1 Å². The molecule has 0 saturated heterocycles. The molecule has 0 saturated carbocycles. The van der Waals surface area contributed by atoms with Crippen LogP contribution >= 0.6 is 0 Å². The van der Waals surface area contributed by atoms with Crippen LogP contribution in [0.4, 0.5) is 5.82 Å². The van der Waals surface area contributed by atoms with Gasteiger partial charge in [0.05, 0.1) is 18.7 Å². The summed E-state index contributed by atoms with van der Waals surface area (Å²) in [4.78, 5) is 21.4. The number of esters is 1. The van der Waals surface area contributed by atoms with E-state index in [1.807, 2.05) is 18.9 Å². The quantitative estimate of drug-likeness (QED) is 0.701. The average Bonchev–Trinajstić information content (AvgIpc) is 2.27. The predicted molar refractivity (Wildman–Crippen MR) is 61.3 cm³/mol. The van der Waals surface area contributed by atoms with Crippen LogP contribution in [0.25, 0.3) is 0 Å². The lowest BCUT2D eigenvalue weighted by atomic mass is 10.3. The highest BCUT2D eigenvalue weighted by molar-refractivity contribution is 5.70. The normalized spacial score (nSPS) is 9.94. The van der Waals surface area contributed by atoms with Crippen molar-refractivity contribution >= 4 is 11.8 Å². The van der Waals surface area contributed by atoms with E-state index < -0.39 is 0 Å². The first-order chi connectivity index (χ1) is 7.65. The van der Waals surface area contributed by atoms with Crippen LogP contribution in [0.2, 0.25) is 0 Å². The van der Waals surface area contributed by atoms with Gasteiger partial charge in [0, 0.05) is 26.0 Å². The number of aromatic nitrogens is 2. The van der Waals surface area contributed by atoms with Gasteiger partial charge in [-0.05, 0) is 13.8 Å². The molecule has 1 aromatic heterocycles. The fourth-order valence-corrected chi connectivity index (χ4v) is 1.37. The number of carbonyl (C=O) groups is 1. The summed E-state index contributed by atoms with van der Waals surface area (Å²) in [7, 11) is 1.89. The minimum Gasteiger partial charge on any atom is -0.466 e. The first-order valence-corrected chi connectivity index (χ1v) is 5.29. The number of hydrogen-bond donors (Lipinski definition) is 0. The summed E-state index contributed by atoms with van der Waals surface area (Å²) in [5, 5.41) is 0. The Morgan fingerprint density at radius 2 is 2.12 bits per heavy atom. The molecule has 0 fully saturated rings. The van der Waals surface area contributed by atoms with Crippen molar-refractivity contribution in [1.82, 2.24) is 9.97 Å². The molecule has 1 aromatic rings. The van der Waals surface area contributed by atoms with Crippen molar-refractivity contribution < 1.29 is 9.53 Å². The monoisotopic (exact) mass is 223 g/mol. The first-order valence-electron chi connectivity index (χ1n) is 5.29. The molecule has 0 aliphatic heterocycles. The third kappa shape index (κ3) is 3.49. The van der Waals surface area contributed by atoms with Gasteiger partial charge in [0.15, 0.2) is 0 Å². The second kappa shape index (κ2) is 6.05. The fraction of sp³-hybridized carbons (Fsp3) is 0.545. The lowest BCUT2D eigenvalue weighted by Crippen LogP contribution is -2.23. The van der Waals surface area contributed by atoms with Crippen molar-refractivity contribution in [2.45, 2.75) is 20.3 Å². The molecule has 0 aromatic carbocycles. The number of anilines is 1. The van der Waals surface area contributed by atoms with Crippen LogP contribution in [0.3, 0.4) is 0 Å². The molecule has 0 N–H and O–H groups in total. The van der Waals surface area contributed by atoms with Crippen LogP contribution in [0.1, 0.15) is 19.0 Å². The van der Waals surface area contributed by atoms with E-state index >= 15 is 0 Å². The largest absolute Gasteiger partial charge is 0.466 e. The number of hydrogen-bond acceptors (Lipinski definition) is 5. The molecule has 5 heteroatoms. The number of rotatable bonds is 5. The van der Waals surface area contributed by atoms with E-state index in [9.17, 15) is 4.79 Å². The zero-order valence-corrected chi connectivity index (χ0v) is 9.93. The van der Waals surface area contributed by atoms with Crippen molar-refractivity contribution in [3.63, 3.8) is 0 Å². The van der Waals surface area contributed by atoms with Gasteiger partial charge in [-0.2, -0.15) is 0 Å². The predicted octanol–water partition coefficient (Wildman–Crippen LogP) is 1.17. The first kappa shape index (κ1) is 12.4. The summed E-state index contributed by atoms with van der Waals surface area (Å²) in [5.41, 5.74) is 0.855. The van der Waals surface area contributed by atoms with Gasteiger partial charge in [0.25, 0.3) is 0 Å². The number of carbonyl (C=O) groups excluding carboxylic acids is 1. The van der Waals surface area contributed by atoms with Gasteiger partial charge in [-0.3, -0.25) is 9.78 Å². The standard InChI is InChI=1S/C11H17N3O2/c1-4-16-10(15)5-8-14(3)11-9(2)12-6-7-13-11/h6-7H,4-5,8H2,1-3H3. The maximum atomic E-state index is 11.2. The SMILES string of the molecule is CCOC(=O)CCN(C)c1nccnc1C. The van der Waals surface area contributed by atoms with Crippen LogP contribution in [0.15, 0.2) is 12.4 Å². The van der Waals surface area contributed by atoms with Crippen molar-refractivity contribution in [2.75, 3.05) is 25.1 Å². The lowest BCUT2D eigenvalue weighted by molar-refractivity contribution is -0.142. The van der Waals surface area contributed by atoms with Crippen LogP contribution in [0.5, 0.6) is 0 Å². The number of ether oxygens (including phenoxy) is 1. The molecule has 0 aliphatic carbocycles. The summed E-state index contributed by atoms with van der Waals surface area (Å²) in [5.74, 6) is 0.614. The third-order valence-electron chi connectivity index (χ3n) is 2.17. The molecule has 0 spiro atoms. The highest BCUT2D eigenvalue weighted by Gasteiger charge is 2.09. The van der Waals surface area contributed by atoms with Gasteiger partial charge in [0.2, 0.25) is 0 Å². The Bertz CT molecular complexity index is 355. The van der Waals surface area contributed by atoms with Crippen LogP contribution < -0.4 is 4.90 Å². The Balaban J connectivity index is 2.50. The molecule has 88 valence electrons. The second-order valence-electron chi connectivity index (χ2n) is 3.44. The minimum absolute atomic E-state index is 0.184. The summed E-state index contributed by atoms with van der Waals surface area (Å²) < 4.78 is 4.86. The van der Waals surface area contributed by atoms with Crippen molar-refractivity contribution in [3.05, 3.63) is 18.1 Å². The molecule has 5 nitrogen and oxygen atoms in total. The molecule has 0 radical (unpaired) electrons. The molecule has 16 heavy (non-hydrogen) atoms. The smallest absolute Gasteiger partial charge is 0.307 e. The fourth-order valence-electron chi connectivity index (χ4n) is 1.37. The van der Waals surface area contributed by atoms with Crippen molar-refractivity contribution in [2.24, 2.45) is 0 Å². The zero-order chi connectivity index (χ0) is 12.0. The molecule has 0 amide bonds. The van der Waals surface area contributed by atoms with Crippen molar-refractivity contribution in [1.29, 1.82) is 0 Å². The molecule has 0 bridgehead atoms.